The average molecular weight is 508 g/mol. The molecule has 0 bridgehead atoms. The highest BCUT2D eigenvalue weighted by Gasteiger charge is 2.40. The Kier molecular flexibility index (Phi) is 6.81. The summed E-state index contributed by atoms with van der Waals surface area (Å²) in [7, 11) is -3.87. The van der Waals surface area contributed by atoms with Gasteiger partial charge in [-0.25, -0.2) is 13.2 Å². The van der Waals surface area contributed by atoms with Crippen molar-refractivity contribution in [1.29, 1.82) is 0 Å². The first-order chi connectivity index (χ1) is 15.9. The third-order valence-electron chi connectivity index (χ3n) is 6.18. The number of nitrogens with one attached hydrogen (secondary N) is 1. The lowest BCUT2D eigenvalue weighted by Gasteiger charge is -2.37. The number of rotatable bonds is 4. The minimum absolute atomic E-state index is 0.0221. The van der Waals surface area contributed by atoms with Gasteiger partial charge in [0.25, 0.3) is 0 Å². The Balaban J connectivity index is 1.37. The molecule has 2 heterocycles. The van der Waals surface area contributed by atoms with Gasteiger partial charge in [-0.3, -0.25) is 4.79 Å². The van der Waals surface area contributed by atoms with Gasteiger partial charge in [0.2, 0.25) is 15.9 Å². The van der Waals surface area contributed by atoms with Crippen molar-refractivity contribution in [3.05, 3.63) is 41.4 Å². The lowest BCUT2D eigenvalue weighted by Crippen LogP contribution is -2.50. The van der Waals surface area contributed by atoms with Gasteiger partial charge in [0, 0.05) is 30.7 Å². The number of hydrogen-bond acceptors (Lipinski definition) is 5. The number of fused-ring (bicyclic) bond motifs is 1. The number of carbonyl (C=O) groups is 2. The van der Waals surface area contributed by atoms with Crippen molar-refractivity contribution in [2.75, 3.05) is 19.6 Å². The van der Waals surface area contributed by atoms with E-state index in [1.807, 2.05) is 20.8 Å². The molecule has 0 saturated carbocycles. The summed E-state index contributed by atoms with van der Waals surface area (Å²) in [6.07, 6.45) is 1.34. The topological polar surface area (TPSA) is 96.0 Å². The molecule has 0 unspecified atom stereocenters. The van der Waals surface area contributed by atoms with E-state index in [0.29, 0.717) is 43.9 Å². The second-order valence-corrected chi connectivity index (χ2v) is 12.0. The number of amides is 2. The van der Waals surface area contributed by atoms with E-state index in [0.717, 1.165) is 10.8 Å². The number of nitrogens with zero attached hydrogens (tertiary/aromatic N) is 2. The van der Waals surface area contributed by atoms with Crippen molar-refractivity contribution in [2.24, 2.45) is 0 Å². The van der Waals surface area contributed by atoms with Gasteiger partial charge in [-0.1, -0.05) is 23.7 Å². The minimum atomic E-state index is -3.87. The first kappa shape index (κ1) is 24.8. The zero-order valence-corrected chi connectivity index (χ0v) is 21.2. The molecule has 1 N–H and O–H groups in total. The molecule has 4 rings (SSSR count). The van der Waals surface area contributed by atoms with Crippen LogP contribution in [0.4, 0.5) is 4.79 Å². The molecule has 2 aromatic rings. The maximum atomic E-state index is 13.0. The quantitative estimate of drug-likeness (QED) is 0.679. The number of ether oxygens (including phenoxy) is 1. The summed E-state index contributed by atoms with van der Waals surface area (Å²) in [5.74, 6) is -0.216. The van der Waals surface area contributed by atoms with Crippen LogP contribution < -0.4 is 4.72 Å². The van der Waals surface area contributed by atoms with Gasteiger partial charge in [-0.2, -0.15) is 4.72 Å². The van der Waals surface area contributed by atoms with Crippen LogP contribution in [0, 0.1) is 0 Å². The lowest BCUT2D eigenvalue weighted by molar-refractivity contribution is -0.131. The molecule has 184 valence electrons. The van der Waals surface area contributed by atoms with Crippen LogP contribution in [-0.2, 0) is 19.6 Å². The summed E-state index contributed by atoms with van der Waals surface area (Å²) >= 11 is 6.01. The van der Waals surface area contributed by atoms with E-state index in [2.05, 4.69) is 4.72 Å². The van der Waals surface area contributed by atoms with Crippen molar-refractivity contribution >= 4 is 44.4 Å². The molecule has 0 spiro atoms. The third-order valence-corrected chi connectivity index (χ3v) is 7.88. The molecule has 2 amide bonds. The Labute approximate surface area is 205 Å². The van der Waals surface area contributed by atoms with E-state index in [1.165, 1.54) is 6.07 Å². The van der Waals surface area contributed by atoms with Gasteiger partial charge in [0.05, 0.1) is 4.90 Å². The lowest BCUT2D eigenvalue weighted by atomic mass is 10.0. The van der Waals surface area contributed by atoms with E-state index in [9.17, 15) is 18.0 Å². The van der Waals surface area contributed by atoms with Gasteiger partial charge in [-0.15, -0.1) is 0 Å². The second kappa shape index (κ2) is 9.36. The molecule has 2 saturated heterocycles. The summed E-state index contributed by atoms with van der Waals surface area (Å²) in [5.41, 5.74) is -0.554. The van der Waals surface area contributed by atoms with E-state index >= 15 is 0 Å². The molecule has 0 radical (unpaired) electrons. The molecule has 2 fully saturated rings. The Hall–Kier alpha value is -2.36. The second-order valence-electron chi connectivity index (χ2n) is 9.85. The summed E-state index contributed by atoms with van der Waals surface area (Å²) in [4.78, 5) is 28.9. The molecule has 0 aliphatic carbocycles. The standard InChI is InChI=1S/C24H30ClN3O5S/c1-24(2,3)33-23(30)27-11-8-19(9-12-27)28-13-10-21(22(28)29)26-34(31,32)20-7-5-16-14-18(25)6-4-17(16)15-20/h4-7,14-15,19,21,26H,8-13H2,1-3H3/t21-/m0/s1. The monoisotopic (exact) mass is 507 g/mol. The fourth-order valence-electron chi connectivity index (χ4n) is 4.48. The van der Waals surface area contributed by atoms with Crippen LogP contribution in [0.5, 0.6) is 0 Å². The number of piperidine rings is 1. The minimum Gasteiger partial charge on any atom is -0.444 e. The number of carbonyl (C=O) groups excluding carboxylic acids is 2. The normalized spacial score (nSPS) is 20.2. The predicted molar refractivity (Wildman–Crippen MR) is 130 cm³/mol. The molecule has 2 aliphatic rings. The van der Waals surface area contributed by atoms with E-state index in [-0.39, 0.29) is 22.9 Å². The zero-order valence-electron chi connectivity index (χ0n) is 19.6. The van der Waals surface area contributed by atoms with Crippen LogP contribution in [0.1, 0.15) is 40.0 Å². The summed E-state index contributed by atoms with van der Waals surface area (Å²) in [5, 5.41) is 2.17. The molecule has 8 nitrogen and oxygen atoms in total. The smallest absolute Gasteiger partial charge is 0.410 e. The van der Waals surface area contributed by atoms with Gasteiger partial charge in [0.15, 0.2) is 0 Å². The van der Waals surface area contributed by atoms with Crippen LogP contribution in [0.2, 0.25) is 5.02 Å². The first-order valence-corrected chi connectivity index (χ1v) is 13.3. The van der Waals surface area contributed by atoms with Gasteiger partial charge < -0.3 is 14.5 Å². The van der Waals surface area contributed by atoms with Crippen LogP contribution in [-0.4, -0.2) is 67.5 Å². The maximum Gasteiger partial charge on any atom is 0.410 e. The van der Waals surface area contributed by atoms with Crippen LogP contribution in [0.3, 0.4) is 0 Å². The average Bonchev–Trinajstić information content (AvgIpc) is 3.11. The van der Waals surface area contributed by atoms with Gasteiger partial charge in [-0.05, 0) is 75.1 Å². The van der Waals surface area contributed by atoms with Gasteiger partial charge >= 0.3 is 6.09 Å². The number of hydrogen-bond donors (Lipinski definition) is 1. The molecular formula is C24H30ClN3O5S. The molecule has 34 heavy (non-hydrogen) atoms. The Morgan fingerprint density at radius 1 is 1.03 bits per heavy atom. The highest BCUT2D eigenvalue weighted by atomic mass is 35.5. The molecule has 2 aliphatic heterocycles. The molecule has 0 aromatic heterocycles. The molecular weight excluding hydrogens is 478 g/mol. The maximum absolute atomic E-state index is 13.0. The first-order valence-electron chi connectivity index (χ1n) is 11.4. The summed E-state index contributed by atoms with van der Waals surface area (Å²) in [6, 6.07) is 9.23. The van der Waals surface area contributed by atoms with Crippen molar-refractivity contribution in [2.45, 2.75) is 62.6 Å². The SMILES string of the molecule is CC(C)(C)OC(=O)N1CCC(N2CC[C@H](NS(=O)(=O)c3ccc4cc(Cl)ccc4c3)C2=O)CC1. The highest BCUT2D eigenvalue weighted by molar-refractivity contribution is 7.89. The number of benzene rings is 2. The fourth-order valence-corrected chi connectivity index (χ4v) is 5.92. The fraction of sp³-hybridized carbons (Fsp3) is 0.500. The van der Waals surface area contributed by atoms with Crippen molar-refractivity contribution in [3.63, 3.8) is 0 Å². The Morgan fingerprint density at radius 2 is 1.68 bits per heavy atom. The van der Waals surface area contributed by atoms with Crippen LogP contribution in [0.25, 0.3) is 10.8 Å². The largest absolute Gasteiger partial charge is 0.444 e. The zero-order chi connectivity index (χ0) is 24.7. The number of halogens is 1. The number of likely N-dealkylation sites (tertiary alicyclic amines) is 2. The summed E-state index contributed by atoms with van der Waals surface area (Å²) < 4.78 is 34.0. The molecule has 2 aromatic carbocycles. The molecule has 1 atom stereocenters. The molecule has 10 heteroatoms. The van der Waals surface area contributed by atoms with Crippen molar-refractivity contribution in [3.8, 4) is 0 Å². The highest BCUT2D eigenvalue weighted by Crippen LogP contribution is 2.26. The summed E-state index contributed by atoms with van der Waals surface area (Å²) in [6.45, 7) is 6.97. The van der Waals surface area contributed by atoms with Crippen LogP contribution >= 0.6 is 11.6 Å². The van der Waals surface area contributed by atoms with Crippen LogP contribution in [0.15, 0.2) is 41.3 Å². The van der Waals surface area contributed by atoms with E-state index in [1.54, 1.807) is 40.1 Å². The Bertz CT molecular complexity index is 1200. The van der Waals surface area contributed by atoms with Crippen molar-refractivity contribution < 1.29 is 22.7 Å². The van der Waals surface area contributed by atoms with Crippen molar-refractivity contribution in [1.82, 2.24) is 14.5 Å². The predicted octanol–water partition coefficient (Wildman–Crippen LogP) is 3.77. The number of sulfonamides is 1. The van der Waals surface area contributed by atoms with E-state index in [4.69, 9.17) is 16.3 Å². The Morgan fingerprint density at radius 3 is 2.35 bits per heavy atom. The van der Waals surface area contributed by atoms with E-state index < -0.39 is 21.7 Å². The van der Waals surface area contributed by atoms with Gasteiger partial charge in [0.1, 0.15) is 11.6 Å². The third kappa shape index (κ3) is 5.47.